The van der Waals surface area contributed by atoms with E-state index in [1.54, 1.807) is 13.0 Å². The summed E-state index contributed by atoms with van der Waals surface area (Å²) in [5.41, 5.74) is 6.63. The minimum Gasteiger partial charge on any atom is -0.480 e. The second kappa shape index (κ2) is 11.7. The Hall–Kier alpha value is -3.77. The molecule has 13 heteroatoms. The highest BCUT2D eigenvalue weighted by Gasteiger charge is 2.18. The third-order valence-electron chi connectivity index (χ3n) is 4.31. The number of amidine groups is 1. The molecule has 0 spiro atoms. The van der Waals surface area contributed by atoms with Gasteiger partial charge in [-0.1, -0.05) is 6.92 Å². The first-order chi connectivity index (χ1) is 15.6. The Bertz CT molecular complexity index is 1100. The van der Waals surface area contributed by atoms with Crippen LogP contribution in [0.25, 0.3) is 11.0 Å². The summed E-state index contributed by atoms with van der Waals surface area (Å²) in [6.45, 7) is -1.81. The van der Waals surface area contributed by atoms with Crippen LogP contribution in [0.15, 0.2) is 30.6 Å². The maximum atomic E-state index is 14.3. The summed E-state index contributed by atoms with van der Waals surface area (Å²) in [4.78, 5) is 12.8. The lowest BCUT2D eigenvalue weighted by Gasteiger charge is -2.16. The number of nitrogens with one attached hydrogen (secondary N) is 2. The Balaban J connectivity index is 0.000000890. The van der Waals surface area contributed by atoms with Crippen molar-refractivity contribution in [2.45, 2.75) is 25.9 Å². The Morgan fingerprint density at radius 3 is 2.55 bits per heavy atom. The first-order valence-corrected chi connectivity index (χ1v) is 9.43. The molecule has 0 saturated heterocycles. The lowest BCUT2D eigenvalue weighted by Crippen LogP contribution is -2.16. The van der Waals surface area contributed by atoms with Crippen molar-refractivity contribution in [3.05, 3.63) is 47.8 Å². The van der Waals surface area contributed by atoms with E-state index in [1.165, 1.54) is 25.6 Å². The fraction of sp³-hybridized carbons (Fsp3) is 0.300. The van der Waals surface area contributed by atoms with E-state index in [0.29, 0.717) is 34.8 Å². The van der Waals surface area contributed by atoms with Crippen molar-refractivity contribution in [1.82, 2.24) is 15.0 Å². The summed E-state index contributed by atoms with van der Waals surface area (Å²) in [6, 6.07) is 3.81. The molecule has 2 aromatic heterocycles. The number of alkyl halides is 3. The number of aromatic nitrogens is 3. The summed E-state index contributed by atoms with van der Waals surface area (Å²) in [7, 11) is 1.49. The van der Waals surface area contributed by atoms with E-state index in [4.69, 9.17) is 20.6 Å². The van der Waals surface area contributed by atoms with E-state index in [0.717, 1.165) is 6.07 Å². The van der Waals surface area contributed by atoms with Gasteiger partial charge < -0.3 is 20.5 Å². The van der Waals surface area contributed by atoms with Gasteiger partial charge in [-0.3, -0.25) is 5.41 Å². The number of halogens is 5. The summed E-state index contributed by atoms with van der Waals surface area (Å²) in [5, 5.41) is 10.0. The summed E-state index contributed by atoms with van der Waals surface area (Å²) in [5.74, 6) is -1.58. The normalized spacial score (nSPS) is 11.5. The van der Waals surface area contributed by atoms with Crippen molar-refractivity contribution < 1.29 is 31.4 Å². The van der Waals surface area contributed by atoms with Gasteiger partial charge in [-0.25, -0.2) is 23.7 Å². The van der Waals surface area contributed by atoms with E-state index in [1.807, 2.05) is 0 Å². The molecule has 0 aliphatic heterocycles. The molecule has 178 valence electrons. The van der Waals surface area contributed by atoms with Crippen molar-refractivity contribution in [3.8, 4) is 5.88 Å². The standard InChI is InChI=1S/C19H20F2N6O2.CHF3/c1-10(4-6-29-19(22)23)12-7-11(8-13(20)16(12)21)26-18-17-14(3-5-24-18)27-15(28-2)9-25-17;2-1(3)4/h3,5,7-10H,4,6H2,1-2H3,(H3,22,23)(H,24,26);1H. The fourth-order valence-corrected chi connectivity index (χ4v) is 2.80. The summed E-state index contributed by atoms with van der Waals surface area (Å²) in [6.07, 6.45) is 3.33. The monoisotopic (exact) mass is 472 g/mol. The minimum absolute atomic E-state index is 0.123. The molecule has 0 aliphatic carbocycles. The van der Waals surface area contributed by atoms with Gasteiger partial charge in [0.1, 0.15) is 5.52 Å². The van der Waals surface area contributed by atoms with Gasteiger partial charge in [0, 0.05) is 18.0 Å². The second-order valence-electron chi connectivity index (χ2n) is 6.58. The molecule has 1 atom stereocenters. The fourth-order valence-electron chi connectivity index (χ4n) is 2.80. The number of anilines is 2. The largest absolute Gasteiger partial charge is 0.480 e. The topological polar surface area (TPSA) is 119 Å². The van der Waals surface area contributed by atoms with Gasteiger partial charge in [-0.15, -0.1) is 0 Å². The predicted octanol–water partition coefficient (Wildman–Crippen LogP) is 4.64. The number of hydrogen-bond acceptors (Lipinski definition) is 7. The maximum absolute atomic E-state index is 14.3. The van der Waals surface area contributed by atoms with Gasteiger partial charge in [-0.05, 0) is 30.0 Å². The first kappa shape index (κ1) is 25.5. The number of nitrogens with zero attached hydrogens (tertiary/aromatic N) is 3. The third-order valence-corrected chi connectivity index (χ3v) is 4.31. The predicted molar refractivity (Wildman–Crippen MR) is 112 cm³/mol. The Kier molecular flexibility index (Phi) is 9.07. The van der Waals surface area contributed by atoms with Gasteiger partial charge in [0.15, 0.2) is 17.5 Å². The van der Waals surface area contributed by atoms with E-state index in [9.17, 15) is 22.0 Å². The molecule has 8 nitrogen and oxygen atoms in total. The van der Waals surface area contributed by atoms with Crippen LogP contribution in [-0.2, 0) is 4.74 Å². The van der Waals surface area contributed by atoms with Gasteiger partial charge in [0.25, 0.3) is 6.02 Å². The molecule has 0 saturated carbocycles. The molecule has 1 unspecified atom stereocenters. The quantitative estimate of drug-likeness (QED) is 0.260. The van der Waals surface area contributed by atoms with Crippen LogP contribution < -0.4 is 15.8 Å². The number of fused-ring (bicyclic) bond motifs is 1. The molecule has 3 aromatic rings. The van der Waals surface area contributed by atoms with Gasteiger partial charge in [0.2, 0.25) is 5.88 Å². The zero-order valence-corrected chi connectivity index (χ0v) is 17.6. The van der Waals surface area contributed by atoms with Crippen LogP contribution in [0.1, 0.15) is 24.8 Å². The number of ether oxygens (including phenoxy) is 2. The number of nitrogens with two attached hydrogens (primary N) is 1. The number of methoxy groups -OCH3 is 1. The number of pyridine rings is 1. The van der Waals surface area contributed by atoms with Crippen LogP contribution in [0.5, 0.6) is 5.88 Å². The molecule has 0 aliphatic rings. The SMILES string of the molecule is COc1cnc2c(Nc3cc(F)c(F)c(C(C)CCOC(=N)N)c3)nccc2n1.FC(F)F. The number of benzene rings is 1. The van der Waals surface area contributed by atoms with Crippen LogP contribution >= 0.6 is 0 Å². The van der Waals surface area contributed by atoms with Crippen LogP contribution in [0.2, 0.25) is 0 Å². The molecule has 2 heterocycles. The summed E-state index contributed by atoms with van der Waals surface area (Å²) < 4.78 is 67.5. The Morgan fingerprint density at radius 1 is 1.21 bits per heavy atom. The molecule has 0 radical (unpaired) electrons. The first-order valence-electron chi connectivity index (χ1n) is 9.43. The lowest BCUT2D eigenvalue weighted by atomic mass is 9.96. The van der Waals surface area contributed by atoms with E-state index >= 15 is 0 Å². The molecular weight excluding hydrogens is 451 g/mol. The average molecular weight is 472 g/mol. The zero-order valence-electron chi connectivity index (χ0n) is 17.6. The van der Waals surface area contributed by atoms with Crippen LogP contribution in [0, 0.1) is 17.0 Å². The highest BCUT2D eigenvalue weighted by atomic mass is 19.4. The molecule has 0 amide bonds. The summed E-state index contributed by atoms with van der Waals surface area (Å²) >= 11 is 0. The number of rotatable bonds is 7. The van der Waals surface area contributed by atoms with Crippen LogP contribution in [-0.4, -0.2) is 41.4 Å². The number of hydrogen-bond donors (Lipinski definition) is 3. The van der Waals surface area contributed by atoms with Gasteiger partial charge in [0.05, 0.1) is 25.4 Å². The Labute approximate surface area is 185 Å². The molecule has 1 aromatic carbocycles. The van der Waals surface area contributed by atoms with Crippen LogP contribution in [0.3, 0.4) is 0 Å². The molecule has 3 rings (SSSR count). The maximum Gasteiger partial charge on any atom is 0.379 e. The van der Waals surface area contributed by atoms with Crippen molar-refractivity contribution in [1.29, 1.82) is 5.41 Å². The molecule has 0 bridgehead atoms. The van der Waals surface area contributed by atoms with E-state index in [2.05, 4.69) is 20.3 Å². The Morgan fingerprint density at radius 2 is 1.91 bits per heavy atom. The molecule has 33 heavy (non-hydrogen) atoms. The minimum atomic E-state index is -3.67. The average Bonchev–Trinajstić information content (AvgIpc) is 2.75. The smallest absolute Gasteiger partial charge is 0.379 e. The van der Waals surface area contributed by atoms with E-state index < -0.39 is 24.3 Å². The van der Waals surface area contributed by atoms with Crippen LogP contribution in [0.4, 0.5) is 33.5 Å². The zero-order chi connectivity index (χ0) is 24.5. The lowest BCUT2D eigenvalue weighted by molar-refractivity contribution is 0.00819. The van der Waals surface area contributed by atoms with Crippen molar-refractivity contribution in [2.24, 2.45) is 5.73 Å². The van der Waals surface area contributed by atoms with Crippen molar-refractivity contribution in [2.75, 3.05) is 19.0 Å². The highest BCUT2D eigenvalue weighted by Crippen LogP contribution is 2.30. The van der Waals surface area contributed by atoms with Gasteiger partial charge in [-0.2, -0.15) is 13.2 Å². The second-order valence-corrected chi connectivity index (χ2v) is 6.58. The van der Waals surface area contributed by atoms with Gasteiger partial charge >= 0.3 is 6.68 Å². The molecular formula is C20H21F5N6O2. The van der Waals surface area contributed by atoms with Crippen molar-refractivity contribution >= 4 is 28.6 Å². The van der Waals surface area contributed by atoms with Crippen molar-refractivity contribution in [3.63, 3.8) is 0 Å². The molecule has 4 N–H and O–H groups in total. The molecule has 0 fully saturated rings. The highest BCUT2D eigenvalue weighted by molar-refractivity contribution is 5.87. The van der Waals surface area contributed by atoms with E-state index in [-0.39, 0.29) is 18.1 Å². The third kappa shape index (κ3) is 7.40.